The first-order valence-electron chi connectivity index (χ1n) is 7.02. The topological polar surface area (TPSA) is 34.1 Å². The number of pyridine rings is 1. The number of hydrogen-bond donors (Lipinski definition) is 1. The molecule has 0 amide bonds. The number of aromatic nitrogens is 1. The Labute approximate surface area is 120 Å². The first-order valence-corrected chi connectivity index (χ1v) is 7.02. The second kappa shape index (κ2) is 7.78. The van der Waals surface area contributed by atoms with Crippen molar-refractivity contribution in [2.75, 3.05) is 26.8 Å². The molecule has 0 atom stereocenters. The van der Waals surface area contributed by atoms with Gasteiger partial charge in [0, 0.05) is 37.0 Å². The Balaban J connectivity index is 2.02. The molecule has 1 N–H and O–H groups in total. The van der Waals surface area contributed by atoms with Crippen molar-refractivity contribution in [3.8, 4) is 0 Å². The minimum Gasteiger partial charge on any atom is -0.383 e. The van der Waals surface area contributed by atoms with Crippen molar-refractivity contribution in [3.05, 3.63) is 48.3 Å². The molecule has 1 aromatic heterocycles. The van der Waals surface area contributed by atoms with Gasteiger partial charge in [-0.2, -0.15) is 0 Å². The summed E-state index contributed by atoms with van der Waals surface area (Å²) in [6.45, 7) is 4.78. The van der Waals surface area contributed by atoms with Crippen molar-refractivity contribution >= 4 is 16.3 Å². The van der Waals surface area contributed by atoms with Crippen molar-refractivity contribution in [1.82, 2.24) is 10.3 Å². The Morgan fingerprint density at radius 3 is 2.95 bits per heavy atom. The summed E-state index contributed by atoms with van der Waals surface area (Å²) >= 11 is 0. The van der Waals surface area contributed by atoms with E-state index < -0.39 is 0 Å². The zero-order chi connectivity index (χ0) is 14.2. The van der Waals surface area contributed by atoms with Gasteiger partial charge in [0.05, 0.1) is 6.61 Å². The molecule has 0 unspecified atom stereocenters. The Morgan fingerprint density at radius 2 is 2.10 bits per heavy atom. The minimum absolute atomic E-state index is 0.760. The second-order valence-corrected chi connectivity index (χ2v) is 4.83. The van der Waals surface area contributed by atoms with Gasteiger partial charge in [0.1, 0.15) is 0 Å². The Morgan fingerprint density at radius 1 is 1.25 bits per heavy atom. The summed E-state index contributed by atoms with van der Waals surface area (Å²) in [7, 11) is 1.72. The lowest BCUT2D eigenvalue weighted by atomic mass is 10.0. The number of fused-ring (bicyclic) bond motifs is 1. The second-order valence-electron chi connectivity index (χ2n) is 4.83. The molecule has 3 heteroatoms. The summed E-state index contributed by atoms with van der Waals surface area (Å²) < 4.78 is 5.00. The molecule has 0 saturated heterocycles. The molecule has 0 fully saturated rings. The molecule has 2 rings (SSSR count). The molecule has 20 heavy (non-hydrogen) atoms. The van der Waals surface area contributed by atoms with Crippen molar-refractivity contribution in [2.45, 2.75) is 13.3 Å². The van der Waals surface area contributed by atoms with Gasteiger partial charge in [-0.15, -0.1) is 0 Å². The predicted molar refractivity (Wildman–Crippen MR) is 84.8 cm³/mol. The van der Waals surface area contributed by atoms with Crippen LogP contribution in [0.15, 0.2) is 42.7 Å². The van der Waals surface area contributed by atoms with Crippen LogP contribution in [0.25, 0.3) is 16.3 Å². The Kier molecular flexibility index (Phi) is 5.71. The summed E-state index contributed by atoms with van der Waals surface area (Å²) in [5.41, 5.74) is 2.50. The Bertz CT molecular complexity index is 573. The van der Waals surface area contributed by atoms with Crippen LogP contribution in [0.4, 0.5) is 0 Å². The van der Waals surface area contributed by atoms with E-state index in [1.165, 1.54) is 21.9 Å². The maximum atomic E-state index is 5.00. The molecule has 0 aliphatic carbocycles. The van der Waals surface area contributed by atoms with Crippen LogP contribution < -0.4 is 5.32 Å². The summed E-state index contributed by atoms with van der Waals surface area (Å²) in [4.78, 5) is 4.33. The third-order valence-electron chi connectivity index (χ3n) is 3.35. The third-order valence-corrected chi connectivity index (χ3v) is 3.35. The highest BCUT2D eigenvalue weighted by atomic mass is 16.5. The van der Waals surface area contributed by atoms with Crippen LogP contribution in [-0.4, -0.2) is 31.8 Å². The fourth-order valence-electron chi connectivity index (χ4n) is 2.23. The molecule has 2 aromatic rings. The monoisotopic (exact) mass is 270 g/mol. The first kappa shape index (κ1) is 14.7. The van der Waals surface area contributed by atoms with E-state index in [-0.39, 0.29) is 0 Å². The van der Waals surface area contributed by atoms with Crippen LogP contribution >= 0.6 is 0 Å². The van der Waals surface area contributed by atoms with Gasteiger partial charge in [0.25, 0.3) is 0 Å². The van der Waals surface area contributed by atoms with Gasteiger partial charge < -0.3 is 10.1 Å². The minimum atomic E-state index is 0.760. The number of hydrogen-bond acceptors (Lipinski definition) is 3. The van der Waals surface area contributed by atoms with Gasteiger partial charge in [0.2, 0.25) is 0 Å². The highest BCUT2D eigenvalue weighted by Crippen LogP contribution is 2.23. The van der Waals surface area contributed by atoms with Crippen LogP contribution in [0, 0.1) is 0 Å². The van der Waals surface area contributed by atoms with Crippen LogP contribution in [-0.2, 0) is 4.74 Å². The first-order chi connectivity index (χ1) is 9.83. The number of benzene rings is 1. The molecule has 0 bridgehead atoms. The summed E-state index contributed by atoms with van der Waals surface area (Å²) in [6.07, 6.45) is 7.15. The van der Waals surface area contributed by atoms with Gasteiger partial charge in [-0.3, -0.25) is 4.98 Å². The molecular weight excluding hydrogens is 248 g/mol. The van der Waals surface area contributed by atoms with E-state index >= 15 is 0 Å². The number of rotatable bonds is 7. The lowest BCUT2D eigenvalue weighted by molar-refractivity contribution is 0.199. The van der Waals surface area contributed by atoms with Gasteiger partial charge in [-0.05, 0) is 30.8 Å². The van der Waals surface area contributed by atoms with Gasteiger partial charge in [0.15, 0.2) is 0 Å². The normalized spacial score (nSPS) is 12.0. The molecule has 3 nitrogen and oxygen atoms in total. The van der Waals surface area contributed by atoms with E-state index in [9.17, 15) is 0 Å². The number of methoxy groups -OCH3 is 1. The average Bonchev–Trinajstić information content (AvgIpc) is 2.50. The predicted octanol–water partition coefficient (Wildman–Crippen LogP) is 3.26. The van der Waals surface area contributed by atoms with Crippen molar-refractivity contribution in [1.29, 1.82) is 0 Å². The molecule has 106 valence electrons. The summed E-state index contributed by atoms with van der Waals surface area (Å²) in [5.74, 6) is 0. The van der Waals surface area contributed by atoms with E-state index in [4.69, 9.17) is 4.74 Å². The van der Waals surface area contributed by atoms with Crippen molar-refractivity contribution in [2.24, 2.45) is 0 Å². The Hall–Kier alpha value is -1.71. The lowest BCUT2D eigenvalue weighted by Gasteiger charge is -2.07. The highest BCUT2D eigenvalue weighted by molar-refractivity contribution is 5.92. The van der Waals surface area contributed by atoms with E-state index in [2.05, 4.69) is 41.5 Å². The maximum Gasteiger partial charge on any atom is 0.0587 e. The number of nitrogens with one attached hydrogen (secondary N) is 1. The lowest BCUT2D eigenvalue weighted by Crippen LogP contribution is -2.19. The number of ether oxygens (including phenoxy) is 1. The molecule has 1 heterocycles. The number of nitrogens with zero attached hydrogens (tertiary/aromatic N) is 1. The highest BCUT2D eigenvalue weighted by Gasteiger charge is 2.02. The fraction of sp³-hybridized carbons (Fsp3) is 0.353. The summed E-state index contributed by atoms with van der Waals surface area (Å²) in [6, 6.07) is 8.38. The molecule has 1 aromatic carbocycles. The number of allylic oxidation sites excluding steroid dienone is 1. The van der Waals surface area contributed by atoms with E-state index in [1.807, 2.05) is 18.5 Å². The third kappa shape index (κ3) is 3.89. The zero-order valence-electron chi connectivity index (χ0n) is 12.2. The largest absolute Gasteiger partial charge is 0.383 e. The molecular formula is C17H22N2O. The smallest absolute Gasteiger partial charge is 0.0587 e. The van der Waals surface area contributed by atoms with Gasteiger partial charge >= 0.3 is 0 Å². The molecule has 0 aliphatic rings. The van der Waals surface area contributed by atoms with Crippen LogP contribution in [0.5, 0.6) is 0 Å². The van der Waals surface area contributed by atoms with Crippen molar-refractivity contribution in [3.63, 3.8) is 0 Å². The van der Waals surface area contributed by atoms with E-state index in [1.54, 1.807) is 7.11 Å². The average molecular weight is 270 g/mol. The fourth-order valence-corrected chi connectivity index (χ4v) is 2.23. The van der Waals surface area contributed by atoms with Crippen LogP contribution in [0.1, 0.15) is 18.9 Å². The van der Waals surface area contributed by atoms with Crippen LogP contribution in [0.3, 0.4) is 0 Å². The quantitative estimate of drug-likeness (QED) is 0.784. The molecule has 0 aliphatic heterocycles. The zero-order valence-corrected chi connectivity index (χ0v) is 12.2. The van der Waals surface area contributed by atoms with Crippen LogP contribution in [0.2, 0.25) is 0 Å². The van der Waals surface area contributed by atoms with Gasteiger partial charge in [-0.25, -0.2) is 0 Å². The van der Waals surface area contributed by atoms with E-state index in [0.29, 0.717) is 0 Å². The van der Waals surface area contributed by atoms with Crippen molar-refractivity contribution < 1.29 is 4.74 Å². The standard InChI is InChI=1S/C17H22N2O/c1-14(6-5-9-18-10-11-20-2)17-13-19-12-15-7-3-4-8-16(15)17/h3-4,6-8,12-13,18H,5,9-11H2,1-2H3. The molecule has 0 saturated carbocycles. The van der Waals surface area contributed by atoms with Gasteiger partial charge in [-0.1, -0.05) is 30.3 Å². The summed E-state index contributed by atoms with van der Waals surface area (Å²) in [5, 5.41) is 5.80. The molecule has 0 radical (unpaired) electrons. The molecule has 0 spiro atoms. The van der Waals surface area contributed by atoms with E-state index in [0.717, 1.165) is 26.1 Å². The maximum absolute atomic E-state index is 5.00. The SMILES string of the molecule is COCCNCCC=C(C)c1cncc2ccccc12.